The smallest absolute Gasteiger partial charge is 0.281 e. The summed E-state index contributed by atoms with van der Waals surface area (Å²) in [6, 6.07) is 0. The zero-order valence-corrected chi connectivity index (χ0v) is 10.3. The molecule has 0 aromatic heterocycles. The monoisotopic (exact) mass is 248 g/mol. The van der Waals surface area contributed by atoms with Crippen molar-refractivity contribution in [2.45, 2.75) is 25.7 Å². The molecule has 94 valence electrons. The first-order valence-electron chi connectivity index (χ1n) is 6.00. The van der Waals surface area contributed by atoms with Gasteiger partial charge in [-0.2, -0.15) is 17.0 Å². The molecule has 5 nitrogen and oxygen atoms in total. The Labute approximate surface area is 97.2 Å². The topological polar surface area (TPSA) is 60.9 Å². The van der Waals surface area contributed by atoms with Crippen LogP contribution in [0.4, 0.5) is 0 Å². The molecule has 2 aliphatic rings. The second kappa shape index (κ2) is 5.00. The summed E-state index contributed by atoms with van der Waals surface area (Å²) in [5, 5.41) is 8.89. The summed E-state index contributed by atoms with van der Waals surface area (Å²) in [6.07, 6.45) is 4.20. The van der Waals surface area contributed by atoms with E-state index in [0.717, 1.165) is 25.7 Å². The van der Waals surface area contributed by atoms with Gasteiger partial charge in [0.2, 0.25) is 0 Å². The Morgan fingerprint density at radius 1 is 1.00 bits per heavy atom. The first kappa shape index (κ1) is 12.3. The Morgan fingerprint density at radius 3 is 2.06 bits per heavy atom. The van der Waals surface area contributed by atoms with Crippen molar-refractivity contribution in [3.8, 4) is 0 Å². The summed E-state index contributed by atoms with van der Waals surface area (Å²) < 4.78 is 27.4. The number of rotatable bonds is 3. The molecule has 16 heavy (non-hydrogen) atoms. The van der Waals surface area contributed by atoms with Crippen LogP contribution in [0.2, 0.25) is 0 Å². The van der Waals surface area contributed by atoms with Crippen molar-refractivity contribution in [3.63, 3.8) is 0 Å². The van der Waals surface area contributed by atoms with Gasteiger partial charge in [0.15, 0.2) is 0 Å². The predicted octanol–water partition coefficient (Wildman–Crippen LogP) is 0.0313. The minimum atomic E-state index is -3.24. The van der Waals surface area contributed by atoms with Crippen LogP contribution >= 0.6 is 0 Å². The Balaban J connectivity index is 1.96. The van der Waals surface area contributed by atoms with Crippen LogP contribution in [0.5, 0.6) is 0 Å². The zero-order chi connectivity index (χ0) is 11.6. The summed E-state index contributed by atoms with van der Waals surface area (Å²) in [5.41, 5.74) is 0. The number of aliphatic hydroxyl groups is 1. The number of hydrogen-bond donors (Lipinski definition) is 1. The van der Waals surface area contributed by atoms with E-state index in [1.807, 2.05) is 0 Å². The molecule has 0 radical (unpaired) electrons. The molecule has 6 heteroatoms. The van der Waals surface area contributed by atoms with Gasteiger partial charge in [-0.3, -0.25) is 0 Å². The predicted molar refractivity (Wildman–Crippen MR) is 61.1 cm³/mol. The fourth-order valence-corrected chi connectivity index (χ4v) is 4.11. The highest BCUT2D eigenvalue weighted by Gasteiger charge is 2.38. The van der Waals surface area contributed by atoms with Gasteiger partial charge in [-0.05, 0) is 12.8 Å². The van der Waals surface area contributed by atoms with Gasteiger partial charge in [-0.25, -0.2) is 0 Å². The molecule has 0 aliphatic carbocycles. The van der Waals surface area contributed by atoms with Crippen LogP contribution in [0.3, 0.4) is 0 Å². The van der Waals surface area contributed by atoms with Crippen molar-refractivity contribution in [2.24, 2.45) is 5.92 Å². The molecule has 0 aromatic rings. The normalized spacial score (nSPS) is 26.3. The van der Waals surface area contributed by atoms with E-state index in [9.17, 15) is 8.42 Å². The second-order valence-electron chi connectivity index (χ2n) is 4.69. The Bertz CT molecular complexity index is 317. The van der Waals surface area contributed by atoms with Crippen LogP contribution in [0.1, 0.15) is 25.7 Å². The van der Waals surface area contributed by atoms with Crippen molar-refractivity contribution < 1.29 is 13.5 Å². The van der Waals surface area contributed by atoms with Crippen molar-refractivity contribution in [3.05, 3.63) is 0 Å². The van der Waals surface area contributed by atoms with Gasteiger partial charge < -0.3 is 5.11 Å². The van der Waals surface area contributed by atoms with Gasteiger partial charge in [0.1, 0.15) is 0 Å². The van der Waals surface area contributed by atoms with E-state index in [1.165, 1.54) is 4.31 Å². The van der Waals surface area contributed by atoms with Crippen LogP contribution in [-0.2, 0) is 10.2 Å². The van der Waals surface area contributed by atoms with E-state index in [4.69, 9.17) is 5.11 Å². The number of aliphatic hydroxyl groups excluding tert-OH is 1. The average Bonchev–Trinajstić information content (AvgIpc) is 2.43. The lowest BCUT2D eigenvalue weighted by atomic mass is 10.1. The van der Waals surface area contributed by atoms with Crippen molar-refractivity contribution in [1.29, 1.82) is 0 Å². The maximum atomic E-state index is 12.2. The van der Waals surface area contributed by atoms with Crippen LogP contribution in [0.15, 0.2) is 0 Å². The first-order chi connectivity index (χ1) is 7.64. The minimum absolute atomic E-state index is 0.0893. The number of nitrogens with zero attached hydrogens (tertiary/aromatic N) is 2. The largest absolute Gasteiger partial charge is 0.396 e. The molecule has 0 amide bonds. The molecular weight excluding hydrogens is 228 g/mol. The molecule has 0 aromatic carbocycles. The lowest BCUT2D eigenvalue weighted by Gasteiger charge is -2.39. The lowest BCUT2D eigenvalue weighted by molar-refractivity contribution is 0.111. The lowest BCUT2D eigenvalue weighted by Crippen LogP contribution is -2.56. The highest BCUT2D eigenvalue weighted by molar-refractivity contribution is 7.86. The van der Waals surface area contributed by atoms with Crippen LogP contribution in [0, 0.1) is 5.92 Å². The van der Waals surface area contributed by atoms with Crippen LogP contribution in [0.25, 0.3) is 0 Å². The SMILES string of the molecule is O=S(=O)(N1CCCCCC1)N1CC(CO)C1. The maximum absolute atomic E-state index is 12.2. The minimum Gasteiger partial charge on any atom is -0.396 e. The third kappa shape index (κ3) is 2.40. The van der Waals surface area contributed by atoms with E-state index in [0.29, 0.717) is 26.2 Å². The Hall–Kier alpha value is -0.170. The molecule has 2 heterocycles. The zero-order valence-electron chi connectivity index (χ0n) is 9.51. The number of hydrogen-bond acceptors (Lipinski definition) is 3. The molecule has 2 rings (SSSR count). The Kier molecular flexibility index (Phi) is 3.84. The fourth-order valence-electron chi connectivity index (χ4n) is 2.26. The van der Waals surface area contributed by atoms with Gasteiger partial charge in [-0.15, -0.1) is 0 Å². The molecule has 0 spiro atoms. The standard InChI is InChI=1S/C10H20N2O3S/c13-9-10-7-12(8-10)16(14,15)11-5-3-1-2-4-6-11/h10,13H,1-9H2. The molecule has 1 N–H and O–H groups in total. The van der Waals surface area contributed by atoms with E-state index >= 15 is 0 Å². The van der Waals surface area contributed by atoms with Gasteiger partial charge in [0, 0.05) is 38.7 Å². The third-order valence-corrected chi connectivity index (χ3v) is 5.37. The molecule has 0 atom stereocenters. The van der Waals surface area contributed by atoms with E-state index in [2.05, 4.69) is 0 Å². The summed E-state index contributed by atoms with van der Waals surface area (Å²) in [4.78, 5) is 0. The molecule has 0 saturated carbocycles. The van der Waals surface area contributed by atoms with Gasteiger partial charge >= 0.3 is 0 Å². The van der Waals surface area contributed by atoms with E-state index in [-0.39, 0.29) is 12.5 Å². The molecule has 0 unspecified atom stereocenters. The fraction of sp³-hybridized carbons (Fsp3) is 1.00. The van der Waals surface area contributed by atoms with Crippen molar-refractivity contribution >= 4 is 10.2 Å². The quantitative estimate of drug-likeness (QED) is 0.766. The van der Waals surface area contributed by atoms with Crippen LogP contribution in [-0.4, -0.2) is 54.9 Å². The van der Waals surface area contributed by atoms with Crippen LogP contribution < -0.4 is 0 Å². The molecule has 2 aliphatic heterocycles. The maximum Gasteiger partial charge on any atom is 0.281 e. The van der Waals surface area contributed by atoms with Gasteiger partial charge in [-0.1, -0.05) is 12.8 Å². The molecule has 2 saturated heterocycles. The summed E-state index contributed by atoms with van der Waals surface area (Å²) in [5.74, 6) is 0.141. The van der Waals surface area contributed by atoms with E-state index in [1.54, 1.807) is 4.31 Å². The summed E-state index contributed by atoms with van der Waals surface area (Å²) in [7, 11) is -3.24. The first-order valence-corrected chi connectivity index (χ1v) is 7.40. The molecule has 2 fully saturated rings. The van der Waals surface area contributed by atoms with Crippen molar-refractivity contribution in [1.82, 2.24) is 8.61 Å². The highest BCUT2D eigenvalue weighted by atomic mass is 32.2. The molecular formula is C10H20N2O3S. The summed E-state index contributed by atoms with van der Waals surface area (Å²) in [6.45, 7) is 2.36. The van der Waals surface area contributed by atoms with Gasteiger partial charge in [0.25, 0.3) is 10.2 Å². The summed E-state index contributed by atoms with van der Waals surface area (Å²) >= 11 is 0. The molecule has 0 bridgehead atoms. The average molecular weight is 248 g/mol. The van der Waals surface area contributed by atoms with E-state index < -0.39 is 10.2 Å². The van der Waals surface area contributed by atoms with Gasteiger partial charge in [0.05, 0.1) is 0 Å². The highest BCUT2D eigenvalue weighted by Crippen LogP contribution is 2.23. The second-order valence-corrected chi connectivity index (χ2v) is 6.62. The third-order valence-electron chi connectivity index (χ3n) is 3.40. The Morgan fingerprint density at radius 2 is 1.56 bits per heavy atom. The van der Waals surface area contributed by atoms with Crippen molar-refractivity contribution in [2.75, 3.05) is 32.8 Å².